The lowest BCUT2D eigenvalue weighted by Gasteiger charge is -2.32. The topological polar surface area (TPSA) is 37.4 Å². The van der Waals surface area contributed by atoms with Crippen molar-refractivity contribution >= 4 is 10.0 Å². The van der Waals surface area contributed by atoms with Crippen molar-refractivity contribution in [2.45, 2.75) is 63.4 Å². The molecule has 0 amide bonds. The van der Waals surface area contributed by atoms with Crippen LogP contribution in [0.1, 0.15) is 45.1 Å². The van der Waals surface area contributed by atoms with Crippen molar-refractivity contribution in [3.05, 3.63) is 29.6 Å². The van der Waals surface area contributed by atoms with Gasteiger partial charge in [0.25, 0.3) is 0 Å². The van der Waals surface area contributed by atoms with Gasteiger partial charge < -0.3 is 0 Å². The highest BCUT2D eigenvalue weighted by Gasteiger charge is 2.35. The Bertz CT molecular complexity index is 578. The van der Waals surface area contributed by atoms with Gasteiger partial charge in [-0.3, -0.25) is 0 Å². The molecular weight excluding hydrogens is 277 g/mol. The molecule has 0 saturated heterocycles. The van der Waals surface area contributed by atoms with Crippen molar-refractivity contribution in [3.8, 4) is 0 Å². The van der Waals surface area contributed by atoms with E-state index in [1.807, 2.05) is 13.8 Å². The average Bonchev–Trinajstić information content (AvgIpc) is 2.80. The Morgan fingerprint density at radius 2 is 1.85 bits per heavy atom. The van der Waals surface area contributed by atoms with Crippen LogP contribution >= 0.6 is 0 Å². The summed E-state index contributed by atoms with van der Waals surface area (Å²) in [4.78, 5) is 0.222. The number of benzene rings is 1. The van der Waals surface area contributed by atoms with Crippen molar-refractivity contribution in [2.75, 3.05) is 0 Å². The molecule has 112 valence electrons. The fourth-order valence-corrected chi connectivity index (χ4v) is 5.16. The van der Waals surface area contributed by atoms with Gasteiger partial charge in [0, 0.05) is 12.1 Å². The molecule has 1 saturated carbocycles. The summed E-state index contributed by atoms with van der Waals surface area (Å²) in [5.41, 5.74) is 0.466. The first kappa shape index (κ1) is 15.4. The highest BCUT2D eigenvalue weighted by Crippen LogP contribution is 2.31. The van der Waals surface area contributed by atoms with Crippen molar-refractivity contribution in [1.29, 1.82) is 0 Å². The highest BCUT2D eigenvalue weighted by molar-refractivity contribution is 7.89. The van der Waals surface area contributed by atoms with Crippen LogP contribution in [0.25, 0.3) is 0 Å². The molecule has 2 rings (SSSR count). The lowest BCUT2D eigenvalue weighted by Crippen LogP contribution is -2.43. The average molecular weight is 299 g/mol. The minimum atomic E-state index is -3.56. The molecule has 1 aromatic rings. The molecule has 0 aromatic heterocycles. The summed E-state index contributed by atoms with van der Waals surface area (Å²) in [6.07, 6.45) is 3.98. The molecule has 0 N–H and O–H groups in total. The minimum Gasteiger partial charge on any atom is -0.207 e. The quantitative estimate of drug-likeness (QED) is 0.853. The van der Waals surface area contributed by atoms with Gasteiger partial charge in [-0.05, 0) is 57.4 Å². The van der Waals surface area contributed by atoms with Gasteiger partial charge in [-0.2, -0.15) is 4.31 Å². The zero-order valence-electron chi connectivity index (χ0n) is 12.3. The third kappa shape index (κ3) is 2.88. The van der Waals surface area contributed by atoms with E-state index in [0.29, 0.717) is 5.56 Å². The van der Waals surface area contributed by atoms with E-state index < -0.39 is 15.8 Å². The van der Waals surface area contributed by atoms with Crippen LogP contribution < -0.4 is 0 Å². The third-order valence-electron chi connectivity index (χ3n) is 3.89. The van der Waals surface area contributed by atoms with Crippen LogP contribution in [-0.4, -0.2) is 24.8 Å². The van der Waals surface area contributed by atoms with Crippen LogP contribution in [-0.2, 0) is 10.0 Å². The summed E-state index contributed by atoms with van der Waals surface area (Å²) < 4.78 is 40.6. The van der Waals surface area contributed by atoms with Gasteiger partial charge in [0.2, 0.25) is 10.0 Å². The van der Waals surface area contributed by atoms with Crippen LogP contribution in [0.3, 0.4) is 0 Å². The number of hydrogen-bond donors (Lipinski definition) is 0. The van der Waals surface area contributed by atoms with Crippen molar-refractivity contribution in [2.24, 2.45) is 0 Å². The number of sulfonamides is 1. The first-order chi connectivity index (χ1) is 9.34. The van der Waals surface area contributed by atoms with Gasteiger partial charge in [-0.1, -0.05) is 12.8 Å². The van der Waals surface area contributed by atoms with E-state index in [0.717, 1.165) is 25.7 Å². The predicted molar refractivity (Wildman–Crippen MR) is 77.6 cm³/mol. The molecule has 3 nitrogen and oxygen atoms in total. The Morgan fingerprint density at radius 1 is 1.25 bits per heavy atom. The van der Waals surface area contributed by atoms with E-state index in [-0.39, 0.29) is 17.0 Å². The summed E-state index contributed by atoms with van der Waals surface area (Å²) in [6, 6.07) is 3.86. The maximum Gasteiger partial charge on any atom is 0.243 e. The Hall–Kier alpha value is -0.940. The van der Waals surface area contributed by atoms with Crippen LogP contribution in [0.2, 0.25) is 0 Å². The normalized spacial score (nSPS) is 17.3. The summed E-state index contributed by atoms with van der Waals surface area (Å²) in [5.74, 6) is -0.404. The van der Waals surface area contributed by atoms with Crippen molar-refractivity contribution in [1.82, 2.24) is 4.31 Å². The molecular formula is C15H22FNO2S. The molecule has 5 heteroatoms. The van der Waals surface area contributed by atoms with Gasteiger partial charge in [0.05, 0.1) is 4.90 Å². The predicted octanol–water partition coefficient (Wildman–Crippen LogP) is 3.48. The molecule has 0 heterocycles. The fourth-order valence-electron chi connectivity index (χ4n) is 3.07. The third-order valence-corrected chi connectivity index (χ3v) is 6.17. The molecule has 0 unspecified atom stereocenters. The SMILES string of the molecule is Cc1cc(F)ccc1S(=O)(=O)N(C(C)C)C1CCCC1. The molecule has 0 bridgehead atoms. The zero-order chi connectivity index (χ0) is 14.9. The fraction of sp³-hybridized carbons (Fsp3) is 0.600. The van der Waals surface area contributed by atoms with Gasteiger partial charge in [0.1, 0.15) is 5.82 Å². The Balaban J connectivity index is 2.44. The standard InChI is InChI=1S/C15H22FNO2S/c1-11(2)17(14-6-4-5-7-14)20(18,19)15-9-8-13(16)10-12(15)3/h8-11,14H,4-7H2,1-3H3. The number of aryl methyl sites for hydroxylation is 1. The molecule has 0 atom stereocenters. The number of halogens is 1. The highest BCUT2D eigenvalue weighted by atomic mass is 32.2. The maximum atomic E-state index is 13.2. The molecule has 1 aromatic carbocycles. The Labute approximate surface area is 120 Å². The molecule has 0 aliphatic heterocycles. The lowest BCUT2D eigenvalue weighted by molar-refractivity contribution is 0.275. The smallest absolute Gasteiger partial charge is 0.207 e. The van der Waals surface area contributed by atoms with E-state index in [1.165, 1.54) is 18.2 Å². The van der Waals surface area contributed by atoms with E-state index in [4.69, 9.17) is 0 Å². The van der Waals surface area contributed by atoms with E-state index in [2.05, 4.69) is 0 Å². The van der Waals surface area contributed by atoms with Crippen molar-refractivity contribution < 1.29 is 12.8 Å². The first-order valence-electron chi connectivity index (χ1n) is 7.13. The van der Waals surface area contributed by atoms with Gasteiger partial charge in [-0.25, -0.2) is 12.8 Å². The monoisotopic (exact) mass is 299 g/mol. The molecule has 20 heavy (non-hydrogen) atoms. The second-order valence-corrected chi connectivity index (χ2v) is 7.59. The van der Waals surface area contributed by atoms with Crippen LogP contribution in [0, 0.1) is 12.7 Å². The second kappa shape index (κ2) is 5.82. The number of nitrogens with zero attached hydrogens (tertiary/aromatic N) is 1. The molecule has 1 aliphatic rings. The van der Waals surface area contributed by atoms with Crippen LogP contribution in [0.5, 0.6) is 0 Å². The Morgan fingerprint density at radius 3 is 2.35 bits per heavy atom. The molecule has 1 fully saturated rings. The van der Waals surface area contributed by atoms with Crippen LogP contribution in [0.4, 0.5) is 4.39 Å². The van der Waals surface area contributed by atoms with Gasteiger partial charge in [0.15, 0.2) is 0 Å². The summed E-state index contributed by atoms with van der Waals surface area (Å²) in [6.45, 7) is 5.44. The van der Waals surface area contributed by atoms with Crippen LogP contribution in [0.15, 0.2) is 23.1 Å². The van der Waals surface area contributed by atoms with Gasteiger partial charge >= 0.3 is 0 Å². The summed E-state index contributed by atoms with van der Waals surface area (Å²) in [7, 11) is -3.56. The van der Waals surface area contributed by atoms with E-state index in [1.54, 1.807) is 11.2 Å². The lowest BCUT2D eigenvalue weighted by atomic mass is 10.2. The first-order valence-corrected chi connectivity index (χ1v) is 8.57. The van der Waals surface area contributed by atoms with E-state index >= 15 is 0 Å². The number of hydrogen-bond acceptors (Lipinski definition) is 2. The Kier molecular flexibility index (Phi) is 4.49. The van der Waals surface area contributed by atoms with Crippen molar-refractivity contribution in [3.63, 3.8) is 0 Å². The zero-order valence-corrected chi connectivity index (χ0v) is 13.1. The largest absolute Gasteiger partial charge is 0.243 e. The van der Waals surface area contributed by atoms with E-state index in [9.17, 15) is 12.8 Å². The summed E-state index contributed by atoms with van der Waals surface area (Å²) >= 11 is 0. The molecule has 0 spiro atoms. The second-order valence-electron chi connectivity index (χ2n) is 5.78. The maximum absolute atomic E-state index is 13.2. The molecule has 0 radical (unpaired) electrons. The molecule has 1 aliphatic carbocycles. The number of rotatable bonds is 4. The minimum absolute atomic E-state index is 0.0736. The summed E-state index contributed by atoms with van der Waals surface area (Å²) in [5, 5.41) is 0. The van der Waals surface area contributed by atoms with Gasteiger partial charge in [-0.15, -0.1) is 0 Å².